The summed E-state index contributed by atoms with van der Waals surface area (Å²) < 4.78 is 0. The van der Waals surface area contributed by atoms with Gasteiger partial charge in [-0.2, -0.15) is 0 Å². The third-order valence-electron chi connectivity index (χ3n) is 2.75. The van der Waals surface area contributed by atoms with E-state index in [1.165, 1.54) is 25.7 Å². The van der Waals surface area contributed by atoms with E-state index < -0.39 is 0 Å². The summed E-state index contributed by atoms with van der Waals surface area (Å²) in [5.74, 6) is 1.14. The molecule has 64 valence electrons. The maximum absolute atomic E-state index is 10.6. The molecule has 1 amide bonds. The molecule has 0 aromatic heterocycles. The first-order chi connectivity index (χ1) is 5.20. The quantitative estimate of drug-likeness (QED) is 0.648. The van der Waals surface area contributed by atoms with Gasteiger partial charge in [-0.15, -0.1) is 0 Å². The normalized spacial score (nSPS) is 31.7. The fraction of sp³-hybridized carbons (Fsp3) is 0.889. The molecule has 2 atom stereocenters. The van der Waals surface area contributed by atoms with E-state index in [9.17, 15) is 4.79 Å². The number of carbonyl (C=O) groups is 1. The summed E-state index contributed by atoms with van der Waals surface area (Å²) in [6, 6.07) is 0. The van der Waals surface area contributed by atoms with Crippen LogP contribution in [0.4, 0.5) is 0 Å². The van der Waals surface area contributed by atoms with Gasteiger partial charge in [-0.1, -0.05) is 26.2 Å². The van der Waals surface area contributed by atoms with E-state index in [-0.39, 0.29) is 5.91 Å². The second-order valence-electron chi connectivity index (χ2n) is 3.69. The Hall–Kier alpha value is -0.530. The molecule has 1 saturated carbocycles. The van der Waals surface area contributed by atoms with E-state index in [0.29, 0.717) is 18.3 Å². The molecule has 0 spiro atoms. The molecular formula is C9H17NO. The summed E-state index contributed by atoms with van der Waals surface area (Å²) in [4.78, 5) is 10.6. The van der Waals surface area contributed by atoms with E-state index in [2.05, 4.69) is 6.92 Å². The second-order valence-corrected chi connectivity index (χ2v) is 3.69. The molecule has 0 bridgehead atoms. The third-order valence-corrected chi connectivity index (χ3v) is 2.75. The predicted octanol–water partition coefficient (Wildman–Crippen LogP) is 1.69. The maximum Gasteiger partial charge on any atom is 0.217 e. The van der Waals surface area contributed by atoms with Crippen molar-refractivity contribution in [1.29, 1.82) is 0 Å². The van der Waals surface area contributed by atoms with Gasteiger partial charge in [-0.3, -0.25) is 4.79 Å². The smallest absolute Gasteiger partial charge is 0.217 e. The molecule has 0 radical (unpaired) electrons. The molecule has 2 N–H and O–H groups in total. The van der Waals surface area contributed by atoms with Crippen molar-refractivity contribution < 1.29 is 4.79 Å². The number of rotatable bonds is 2. The van der Waals surface area contributed by atoms with Crippen LogP contribution in [0.1, 0.15) is 39.0 Å². The summed E-state index contributed by atoms with van der Waals surface area (Å²) in [5.41, 5.74) is 5.15. The van der Waals surface area contributed by atoms with Gasteiger partial charge < -0.3 is 5.73 Å². The Kier molecular flexibility index (Phi) is 2.92. The lowest BCUT2D eigenvalue weighted by molar-refractivity contribution is -0.119. The van der Waals surface area contributed by atoms with E-state index in [1.807, 2.05) is 0 Å². The van der Waals surface area contributed by atoms with Crippen LogP contribution in [0.25, 0.3) is 0 Å². The van der Waals surface area contributed by atoms with Gasteiger partial charge in [0.15, 0.2) is 0 Å². The van der Waals surface area contributed by atoms with E-state index in [0.717, 1.165) is 0 Å². The van der Waals surface area contributed by atoms with E-state index >= 15 is 0 Å². The highest BCUT2D eigenvalue weighted by atomic mass is 16.1. The molecule has 1 fully saturated rings. The lowest BCUT2D eigenvalue weighted by Crippen LogP contribution is -2.23. The van der Waals surface area contributed by atoms with Crippen LogP contribution < -0.4 is 5.73 Å². The zero-order chi connectivity index (χ0) is 8.27. The van der Waals surface area contributed by atoms with Gasteiger partial charge in [-0.05, 0) is 18.3 Å². The average Bonchev–Trinajstić information content (AvgIpc) is 1.93. The molecule has 0 aromatic carbocycles. The topological polar surface area (TPSA) is 43.1 Å². The van der Waals surface area contributed by atoms with E-state index in [4.69, 9.17) is 5.73 Å². The van der Waals surface area contributed by atoms with Crippen LogP contribution in [0.15, 0.2) is 0 Å². The highest BCUT2D eigenvalue weighted by molar-refractivity contribution is 5.74. The molecule has 11 heavy (non-hydrogen) atoms. The van der Waals surface area contributed by atoms with Crippen LogP contribution in [0, 0.1) is 11.8 Å². The summed E-state index contributed by atoms with van der Waals surface area (Å²) in [6.45, 7) is 2.23. The molecular weight excluding hydrogens is 138 g/mol. The Labute approximate surface area is 68.2 Å². The van der Waals surface area contributed by atoms with Crippen molar-refractivity contribution in [2.45, 2.75) is 39.0 Å². The third kappa shape index (κ3) is 2.52. The predicted molar refractivity (Wildman–Crippen MR) is 44.9 cm³/mol. The van der Waals surface area contributed by atoms with Gasteiger partial charge >= 0.3 is 0 Å². The van der Waals surface area contributed by atoms with Gasteiger partial charge in [0.1, 0.15) is 0 Å². The Morgan fingerprint density at radius 2 is 2.09 bits per heavy atom. The Morgan fingerprint density at radius 3 is 2.64 bits per heavy atom. The van der Waals surface area contributed by atoms with Crippen LogP contribution in [-0.2, 0) is 4.79 Å². The fourth-order valence-electron chi connectivity index (χ4n) is 1.95. The number of amides is 1. The minimum absolute atomic E-state index is 0.135. The number of nitrogens with two attached hydrogens (primary N) is 1. The Balaban J connectivity index is 2.35. The minimum atomic E-state index is -0.135. The highest BCUT2D eigenvalue weighted by Crippen LogP contribution is 2.31. The number of hydrogen-bond donors (Lipinski definition) is 1. The molecule has 0 saturated heterocycles. The Bertz CT molecular complexity index is 144. The molecule has 2 unspecified atom stereocenters. The van der Waals surface area contributed by atoms with Crippen molar-refractivity contribution in [2.75, 3.05) is 0 Å². The van der Waals surface area contributed by atoms with Crippen molar-refractivity contribution >= 4 is 5.91 Å². The molecule has 0 aromatic rings. The van der Waals surface area contributed by atoms with Gasteiger partial charge in [-0.25, -0.2) is 0 Å². The largest absolute Gasteiger partial charge is 0.370 e. The van der Waals surface area contributed by atoms with Crippen molar-refractivity contribution in [1.82, 2.24) is 0 Å². The molecule has 2 nitrogen and oxygen atoms in total. The summed E-state index contributed by atoms with van der Waals surface area (Å²) in [5, 5.41) is 0. The molecule has 1 aliphatic rings. The lowest BCUT2D eigenvalue weighted by atomic mass is 9.78. The summed E-state index contributed by atoms with van der Waals surface area (Å²) in [6.07, 6.45) is 5.68. The van der Waals surface area contributed by atoms with Crippen molar-refractivity contribution in [3.8, 4) is 0 Å². The Morgan fingerprint density at radius 1 is 1.45 bits per heavy atom. The number of primary amides is 1. The van der Waals surface area contributed by atoms with Crippen molar-refractivity contribution in [3.05, 3.63) is 0 Å². The minimum Gasteiger partial charge on any atom is -0.370 e. The summed E-state index contributed by atoms with van der Waals surface area (Å²) in [7, 11) is 0. The molecule has 2 heteroatoms. The lowest BCUT2D eigenvalue weighted by Gasteiger charge is -2.27. The SMILES string of the molecule is CC1CCCCC1CC(N)=O. The van der Waals surface area contributed by atoms with Crippen LogP contribution >= 0.6 is 0 Å². The molecule has 0 heterocycles. The van der Waals surface area contributed by atoms with Crippen LogP contribution in [-0.4, -0.2) is 5.91 Å². The maximum atomic E-state index is 10.6. The average molecular weight is 155 g/mol. The van der Waals surface area contributed by atoms with Crippen LogP contribution in [0.2, 0.25) is 0 Å². The van der Waals surface area contributed by atoms with Crippen molar-refractivity contribution in [2.24, 2.45) is 17.6 Å². The van der Waals surface area contributed by atoms with Gasteiger partial charge in [0.2, 0.25) is 5.91 Å². The monoisotopic (exact) mass is 155 g/mol. The summed E-state index contributed by atoms with van der Waals surface area (Å²) >= 11 is 0. The molecule has 1 rings (SSSR count). The fourth-order valence-corrected chi connectivity index (χ4v) is 1.95. The first kappa shape index (κ1) is 8.57. The number of hydrogen-bond acceptors (Lipinski definition) is 1. The van der Waals surface area contributed by atoms with Gasteiger partial charge in [0, 0.05) is 6.42 Å². The van der Waals surface area contributed by atoms with E-state index in [1.54, 1.807) is 0 Å². The first-order valence-corrected chi connectivity index (χ1v) is 4.48. The highest BCUT2D eigenvalue weighted by Gasteiger charge is 2.22. The number of carbonyl (C=O) groups excluding carboxylic acids is 1. The van der Waals surface area contributed by atoms with Gasteiger partial charge in [0.05, 0.1) is 0 Å². The molecule has 0 aliphatic heterocycles. The van der Waals surface area contributed by atoms with Crippen LogP contribution in [0.3, 0.4) is 0 Å². The zero-order valence-electron chi connectivity index (χ0n) is 7.18. The van der Waals surface area contributed by atoms with Crippen molar-refractivity contribution in [3.63, 3.8) is 0 Å². The van der Waals surface area contributed by atoms with Gasteiger partial charge in [0.25, 0.3) is 0 Å². The second kappa shape index (κ2) is 3.74. The zero-order valence-corrected chi connectivity index (χ0v) is 7.18. The molecule has 1 aliphatic carbocycles. The first-order valence-electron chi connectivity index (χ1n) is 4.48. The van der Waals surface area contributed by atoms with Crippen LogP contribution in [0.5, 0.6) is 0 Å². The standard InChI is InChI=1S/C9H17NO/c1-7-4-2-3-5-8(7)6-9(10)11/h7-8H,2-6H2,1H3,(H2,10,11).